The average molecular weight is 477 g/mol. The van der Waals surface area contributed by atoms with Crippen molar-refractivity contribution in [3.05, 3.63) is 45.0 Å². The molecule has 0 radical (unpaired) electrons. The summed E-state index contributed by atoms with van der Waals surface area (Å²) in [6, 6.07) is 7.08. The van der Waals surface area contributed by atoms with E-state index >= 15 is 0 Å². The number of aryl methyl sites for hydroxylation is 1. The number of anilines is 3. The number of rotatable bonds is 6. The van der Waals surface area contributed by atoms with Crippen LogP contribution in [0.3, 0.4) is 0 Å². The summed E-state index contributed by atoms with van der Waals surface area (Å²) in [6.07, 6.45) is 4.02. The largest absolute Gasteiger partial charge is 0.382 e. The number of nitrogens with zero attached hydrogens (tertiary/aromatic N) is 5. The molecule has 32 heavy (non-hydrogen) atoms. The maximum atomic E-state index is 12.7. The molecule has 12 heteroatoms. The van der Waals surface area contributed by atoms with Gasteiger partial charge in [-0.05, 0) is 25.0 Å². The van der Waals surface area contributed by atoms with E-state index in [9.17, 15) is 9.00 Å². The van der Waals surface area contributed by atoms with Gasteiger partial charge in [0, 0.05) is 35.8 Å². The van der Waals surface area contributed by atoms with Crippen molar-refractivity contribution in [1.29, 1.82) is 5.26 Å². The summed E-state index contributed by atoms with van der Waals surface area (Å²) in [6.45, 7) is 2.58. The monoisotopic (exact) mass is 476 g/mol. The second kappa shape index (κ2) is 11.4. The van der Waals surface area contributed by atoms with Gasteiger partial charge in [0.1, 0.15) is 29.1 Å². The maximum Gasteiger partial charge on any atom is 0.262 e. The molecular weight excluding hydrogens is 452 g/mol. The van der Waals surface area contributed by atoms with E-state index in [1.54, 1.807) is 29.0 Å². The van der Waals surface area contributed by atoms with E-state index in [-0.39, 0.29) is 28.7 Å². The molecule has 0 amide bonds. The highest BCUT2D eigenvalue weighted by atomic mass is 35.5. The van der Waals surface area contributed by atoms with Crippen LogP contribution in [0.5, 0.6) is 0 Å². The SMILES string of the molecule is CCCc1nc2cccc(Cl)c2c(=O)n1CCCS(C)=O.N#Cc1c(N)nc(N)nc1N. The summed E-state index contributed by atoms with van der Waals surface area (Å²) in [5, 5.41) is 9.36. The Morgan fingerprint density at radius 3 is 2.41 bits per heavy atom. The first-order chi connectivity index (χ1) is 15.2. The Kier molecular flexibility index (Phi) is 8.92. The number of nitriles is 1. The first-order valence-electron chi connectivity index (χ1n) is 9.76. The predicted octanol–water partition coefficient (Wildman–Crippen LogP) is 1.87. The van der Waals surface area contributed by atoms with Gasteiger partial charge in [-0.2, -0.15) is 15.2 Å². The lowest BCUT2D eigenvalue weighted by atomic mass is 10.2. The molecule has 0 fully saturated rings. The van der Waals surface area contributed by atoms with Crippen LogP contribution in [0, 0.1) is 11.3 Å². The van der Waals surface area contributed by atoms with E-state index in [4.69, 9.17) is 34.1 Å². The summed E-state index contributed by atoms with van der Waals surface area (Å²) in [5.74, 6) is 1.35. The van der Waals surface area contributed by atoms with Gasteiger partial charge in [0.2, 0.25) is 5.95 Å². The Labute approximate surface area is 192 Å². The van der Waals surface area contributed by atoms with Gasteiger partial charge in [-0.1, -0.05) is 24.6 Å². The summed E-state index contributed by atoms with van der Waals surface area (Å²) in [5.41, 5.74) is 16.4. The van der Waals surface area contributed by atoms with Crippen LogP contribution in [-0.4, -0.2) is 35.7 Å². The van der Waals surface area contributed by atoms with Crippen molar-refractivity contribution in [3.63, 3.8) is 0 Å². The summed E-state index contributed by atoms with van der Waals surface area (Å²) in [4.78, 5) is 24.4. The van der Waals surface area contributed by atoms with Crippen molar-refractivity contribution >= 4 is 50.9 Å². The van der Waals surface area contributed by atoms with E-state index in [0.29, 0.717) is 34.6 Å². The van der Waals surface area contributed by atoms with E-state index in [0.717, 1.165) is 18.7 Å². The molecule has 0 spiro atoms. The topological polar surface area (TPSA) is 180 Å². The number of nitrogens with two attached hydrogens (primary N) is 3. The van der Waals surface area contributed by atoms with Crippen LogP contribution in [0.4, 0.5) is 17.6 Å². The molecule has 0 saturated carbocycles. The summed E-state index contributed by atoms with van der Waals surface area (Å²) >= 11 is 6.15. The molecule has 2 heterocycles. The van der Waals surface area contributed by atoms with Crippen molar-refractivity contribution in [2.24, 2.45) is 0 Å². The molecule has 10 nitrogen and oxygen atoms in total. The van der Waals surface area contributed by atoms with Crippen LogP contribution in [0.1, 0.15) is 31.2 Å². The van der Waals surface area contributed by atoms with Crippen molar-refractivity contribution in [3.8, 4) is 6.07 Å². The Hall–Kier alpha value is -3.23. The standard InChI is InChI=1S/C15H19ClN2O2S.C5H6N6/c1-3-6-13-17-12-8-4-7-11(16)14(12)15(19)18(13)9-5-10-21(2)20;6-1-2-3(7)10-5(9)11-4(2)8/h4,7-8H,3,5-6,9-10H2,1-2H3;(H6,7,8,9,10,11). The van der Waals surface area contributed by atoms with Crippen LogP contribution in [-0.2, 0) is 23.8 Å². The molecule has 1 aromatic carbocycles. The summed E-state index contributed by atoms with van der Waals surface area (Å²) in [7, 11) is -0.850. The molecule has 0 aliphatic heterocycles. The number of aromatic nitrogens is 4. The van der Waals surface area contributed by atoms with Gasteiger partial charge >= 0.3 is 0 Å². The fourth-order valence-electron chi connectivity index (χ4n) is 2.97. The number of hydrogen-bond donors (Lipinski definition) is 3. The second-order valence-electron chi connectivity index (χ2n) is 6.84. The van der Waals surface area contributed by atoms with Crippen molar-refractivity contribution in [2.75, 3.05) is 29.2 Å². The van der Waals surface area contributed by atoms with Gasteiger partial charge in [0.15, 0.2) is 0 Å². The van der Waals surface area contributed by atoms with Gasteiger partial charge < -0.3 is 17.2 Å². The molecule has 170 valence electrons. The predicted molar refractivity (Wildman–Crippen MR) is 129 cm³/mol. The molecule has 0 saturated heterocycles. The third kappa shape index (κ3) is 6.15. The van der Waals surface area contributed by atoms with Crippen molar-refractivity contribution < 1.29 is 4.21 Å². The molecule has 0 bridgehead atoms. The normalized spacial score (nSPS) is 11.4. The lowest BCUT2D eigenvalue weighted by Gasteiger charge is -2.13. The number of benzene rings is 1. The minimum atomic E-state index is -0.850. The van der Waals surface area contributed by atoms with Crippen molar-refractivity contribution in [2.45, 2.75) is 32.7 Å². The number of hydrogen-bond acceptors (Lipinski definition) is 9. The van der Waals surface area contributed by atoms with Crippen LogP contribution in [0.25, 0.3) is 10.9 Å². The number of nitrogen functional groups attached to an aromatic ring is 3. The smallest absolute Gasteiger partial charge is 0.262 e. The van der Waals surface area contributed by atoms with E-state index in [1.165, 1.54) is 0 Å². The van der Waals surface area contributed by atoms with Crippen LogP contribution in [0.15, 0.2) is 23.0 Å². The Bertz CT molecular complexity index is 1220. The fourth-order valence-corrected chi connectivity index (χ4v) is 3.76. The molecule has 3 aromatic rings. The van der Waals surface area contributed by atoms with Crippen LogP contribution in [0.2, 0.25) is 5.02 Å². The first kappa shape index (κ1) is 25.0. The highest BCUT2D eigenvalue weighted by Gasteiger charge is 2.13. The lowest BCUT2D eigenvalue weighted by molar-refractivity contribution is 0.598. The van der Waals surface area contributed by atoms with Gasteiger partial charge in [0.05, 0.1) is 15.9 Å². The van der Waals surface area contributed by atoms with Gasteiger partial charge in [-0.25, -0.2) is 4.98 Å². The molecular formula is C20H25ClN8O2S. The quantitative estimate of drug-likeness (QED) is 0.478. The zero-order valence-electron chi connectivity index (χ0n) is 17.8. The Balaban J connectivity index is 0.000000278. The van der Waals surface area contributed by atoms with E-state index in [2.05, 4.69) is 21.9 Å². The minimum absolute atomic E-state index is 0.0116. The fraction of sp³-hybridized carbons (Fsp3) is 0.350. The second-order valence-corrected chi connectivity index (χ2v) is 8.80. The van der Waals surface area contributed by atoms with E-state index < -0.39 is 10.8 Å². The van der Waals surface area contributed by atoms with Crippen LogP contribution >= 0.6 is 11.6 Å². The van der Waals surface area contributed by atoms with Gasteiger partial charge in [-0.3, -0.25) is 13.6 Å². The third-order valence-corrected chi connectivity index (χ3v) is 5.57. The molecule has 1 atom stereocenters. The minimum Gasteiger partial charge on any atom is -0.382 e. The Morgan fingerprint density at radius 1 is 1.19 bits per heavy atom. The lowest BCUT2D eigenvalue weighted by Crippen LogP contribution is -2.26. The molecule has 1 unspecified atom stereocenters. The van der Waals surface area contributed by atoms with E-state index in [1.807, 2.05) is 6.07 Å². The summed E-state index contributed by atoms with van der Waals surface area (Å²) < 4.78 is 12.9. The van der Waals surface area contributed by atoms with Gasteiger partial charge in [-0.15, -0.1) is 0 Å². The highest BCUT2D eigenvalue weighted by molar-refractivity contribution is 7.84. The number of fused-ring (bicyclic) bond motifs is 1. The number of halogens is 1. The highest BCUT2D eigenvalue weighted by Crippen LogP contribution is 2.19. The molecule has 3 rings (SSSR count). The zero-order chi connectivity index (χ0) is 23.8. The molecule has 2 aromatic heterocycles. The molecule has 0 aliphatic carbocycles. The molecule has 0 aliphatic rings. The maximum absolute atomic E-state index is 12.7. The average Bonchev–Trinajstić information content (AvgIpc) is 2.70. The van der Waals surface area contributed by atoms with Crippen molar-refractivity contribution in [1.82, 2.24) is 19.5 Å². The first-order valence-corrected chi connectivity index (χ1v) is 11.9. The van der Waals surface area contributed by atoms with Gasteiger partial charge in [0.25, 0.3) is 5.56 Å². The Morgan fingerprint density at radius 2 is 1.84 bits per heavy atom. The zero-order valence-corrected chi connectivity index (χ0v) is 19.4. The molecule has 6 N–H and O–H groups in total. The van der Waals surface area contributed by atoms with Crippen LogP contribution < -0.4 is 22.8 Å². The third-order valence-electron chi connectivity index (χ3n) is 4.39.